The molecule has 1 saturated heterocycles. The van der Waals surface area contributed by atoms with Crippen LogP contribution in [0.3, 0.4) is 0 Å². The van der Waals surface area contributed by atoms with E-state index in [0.29, 0.717) is 19.7 Å². The number of likely N-dealkylation sites (N-methyl/N-ethyl adjacent to an activating group) is 2. The summed E-state index contributed by atoms with van der Waals surface area (Å²) in [4.78, 5) is 15.6. The van der Waals surface area contributed by atoms with E-state index in [4.69, 9.17) is 11.2 Å². The van der Waals surface area contributed by atoms with Crippen molar-refractivity contribution >= 4 is 5.91 Å². The van der Waals surface area contributed by atoms with Crippen LogP contribution in [0.2, 0.25) is 0 Å². The van der Waals surface area contributed by atoms with Crippen LogP contribution in [0.4, 0.5) is 0 Å². The number of hydrogen-bond acceptors (Lipinski definition) is 3. The number of ether oxygens (including phenoxy) is 1. The Bertz CT molecular complexity index is 327. The second kappa shape index (κ2) is 7.91. The summed E-state index contributed by atoms with van der Waals surface area (Å²) >= 11 is 0. The molecular weight excluding hydrogens is 228 g/mol. The third kappa shape index (κ3) is 4.91. The van der Waals surface area contributed by atoms with Crippen molar-refractivity contribution in [3.63, 3.8) is 0 Å². The summed E-state index contributed by atoms with van der Waals surface area (Å²) in [7, 11) is 3.75. The number of carbonyl (C=O) groups is 1. The van der Waals surface area contributed by atoms with E-state index in [1.165, 1.54) is 0 Å². The van der Waals surface area contributed by atoms with Crippen LogP contribution in [0, 0.1) is 12.3 Å². The Morgan fingerprint density at radius 3 is 2.94 bits per heavy atom. The summed E-state index contributed by atoms with van der Waals surface area (Å²) in [6.07, 6.45) is 10.7. The minimum absolute atomic E-state index is 0.0274. The maximum atomic E-state index is 11.9. The predicted octanol–water partition coefficient (Wildman–Crippen LogP) is 0.745. The van der Waals surface area contributed by atoms with Gasteiger partial charge in [-0.3, -0.25) is 9.69 Å². The average Bonchev–Trinajstić information content (AvgIpc) is 2.39. The largest absolute Gasteiger partial charge is 0.379 e. The molecule has 0 aromatic rings. The van der Waals surface area contributed by atoms with E-state index in [0.717, 1.165) is 19.4 Å². The number of amides is 1. The fourth-order valence-corrected chi connectivity index (χ4v) is 1.88. The summed E-state index contributed by atoms with van der Waals surface area (Å²) in [5.74, 6) is 2.59. The van der Waals surface area contributed by atoms with Gasteiger partial charge in [0.2, 0.25) is 5.91 Å². The standard InChI is InChI=1S/C14H22N2O2/c1-4-9-15(2)10-5-8-14(17)16(3)13-7-6-11-18-12-13/h1,5,8,13H,6-7,9-12H2,2-3H3/b8-5+. The van der Waals surface area contributed by atoms with Crippen LogP contribution in [-0.2, 0) is 9.53 Å². The van der Waals surface area contributed by atoms with Crippen molar-refractivity contribution in [2.45, 2.75) is 18.9 Å². The number of nitrogens with zero attached hydrogens (tertiary/aromatic N) is 2. The SMILES string of the molecule is C#CCN(C)C/C=C/C(=O)N(C)C1CCCOC1. The highest BCUT2D eigenvalue weighted by molar-refractivity contribution is 5.87. The van der Waals surface area contributed by atoms with Crippen molar-refractivity contribution in [3.8, 4) is 12.3 Å². The fraction of sp³-hybridized carbons (Fsp3) is 0.643. The van der Waals surface area contributed by atoms with Gasteiger partial charge in [0.25, 0.3) is 0 Å². The monoisotopic (exact) mass is 250 g/mol. The Hall–Kier alpha value is -1.31. The molecule has 0 aromatic carbocycles. The highest BCUT2D eigenvalue weighted by Gasteiger charge is 2.20. The topological polar surface area (TPSA) is 32.8 Å². The first kappa shape index (κ1) is 14.7. The van der Waals surface area contributed by atoms with Gasteiger partial charge in [-0.05, 0) is 19.9 Å². The maximum Gasteiger partial charge on any atom is 0.246 e. The first-order chi connectivity index (χ1) is 8.65. The molecule has 4 heteroatoms. The minimum atomic E-state index is 0.0274. The van der Waals surface area contributed by atoms with Crippen molar-refractivity contribution in [1.29, 1.82) is 0 Å². The van der Waals surface area contributed by atoms with Crippen LogP contribution < -0.4 is 0 Å². The van der Waals surface area contributed by atoms with Gasteiger partial charge < -0.3 is 9.64 Å². The molecule has 0 aromatic heterocycles. The maximum absolute atomic E-state index is 11.9. The lowest BCUT2D eigenvalue weighted by Crippen LogP contribution is -2.41. The third-order valence-corrected chi connectivity index (χ3v) is 3.07. The highest BCUT2D eigenvalue weighted by Crippen LogP contribution is 2.12. The molecule has 0 spiro atoms. The van der Waals surface area contributed by atoms with Crippen LogP contribution >= 0.6 is 0 Å². The van der Waals surface area contributed by atoms with Crippen molar-refractivity contribution in [2.24, 2.45) is 0 Å². The Morgan fingerprint density at radius 2 is 2.33 bits per heavy atom. The number of rotatable bonds is 5. The van der Waals surface area contributed by atoms with E-state index >= 15 is 0 Å². The van der Waals surface area contributed by atoms with E-state index in [-0.39, 0.29) is 11.9 Å². The zero-order chi connectivity index (χ0) is 13.4. The quantitative estimate of drug-likeness (QED) is 0.533. The van der Waals surface area contributed by atoms with Crippen molar-refractivity contribution in [2.75, 3.05) is 40.4 Å². The second-order valence-corrected chi connectivity index (χ2v) is 4.62. The average molecular weight is 250 g/mol. The molecule has 4 nitrogen and oxygen atoms in total. The molecule has 1 heterocycles. The van der Waals surface area contributed by atoms with Gasteiger partial charge in [-0.15, -0.1) is 6.42 Å². The van der Waals surface area contributed by atoms with Crippen molar-refractivity contribution < 1.29 is 9.53 Å². The molecule has 0 N–H and O–H groups in total. The van der Waals surface area contributed by atoms with Crippen LogP contribution in [0.1, 0.15) is 12.8 Å². The zero-order valence-corrected chi connectivity index (χ0v) is 11.3. The summed E-state index contributed by atoms with van der Waals surface area (Å²) < 4.78 is 5.38. The molecular formula is C14H22N2O2. The Kier molecular flexibility index (Phi) is 6.48. The molecule has 1 amide bonds. The Labute approximate surface area is 110 Å². The lowest BCUT2D eigenvalue weighted by molar-refractivity contribution is -0.129. The molecule has 100 valence electrons. The first-order valence-electron chi connectivity index (χ1n) is 6.28. The normalized spacial score (nSPS) is 20.0. The van der Waals surface area contributed by atoms with Gasteiger partial charge >= 0.3 is 0 Å². The van der Waals surface area contributed by atoms with Crippen LogP contribution in [-0.4, -0.2) is 62.1 Å². The first-order valence-corrected chi connectivity index (χ1v) is 6.28. The Morgan fingerprint density at radius 1 is 1.56 bits per heavy atom. The van der Waals surface area contributed by atoms with Crippen LogP contribution in [0.15, 0.2) is 12.2 Å². The van der Waals surface area contributed by atoms with E-state index in [9.17, 15) is 4.79 Å². The zero-order valence-electron chi connectivity index (χ0n) is 11.3. The molecule has 1 rings (SSSR count). The number of hydrogen-bond donors (Lipinski definition) is 0. The van der Waals surface area contributed by atoms with E-state index < -0.39 is 0 Å². The molecule has 0 saturated carbocycles. The molecule has 0 radical (unpaired) electrons. The number of terminal acetylenes is 1. The molecule has 1 unspecified atom stereocenters. The van der Waals surface area contributed by atoms with Gasteiger partial charge in [0, 0.05) is 26.3 Å². The van der Waals surface area contributed by atoms with Crippen LogP contribution in [0.5, 0.6) is 0 Å². The lowest BCUT2D eigenvalue weighted by Gasteiger charge is -2.30. The fourth-order valence-electron chi connectivity index (χ4n) is 1.88. The minimum Gasteiger partial charge on any atom is -0.379 e. The van der Waals surface area contributed by atoms with Gasteiger partial charge in [-0.2, -0.15) is 0 Å². The highest BCUT2D eigenvalue weighted by atomic mass is 16.5. The third-order valence-electron chi connectivity index (χ3n) is 3.07. The second-order valence-electron chi connectivity index (χ2n) is 4.62. The summed E-state index contributed by atoms with van der Waals surface area (Å²) in [6.45, 7) is 2.73. The molecule has 18 heavy (non-hydrogen) atoms. The summed E-state index contributed by atoms with van der Waals surface area (Å²) in [5, 5.41) is 0. The summed E-state index contributed by atoms with van der Waals surface area (Å²) in [5.41, 5.74) is 0. The predicted molar refractivity (Wildman–Crippen MR) is 72.1 cm³/mol. The molecule has 1 aliphatic heterocycles. The van der Waals surface area contributed by atoms with Gasteiger partial charge in [-0.25, -0.2) is 0 Å². The van der Waals surface area contributed by atoms with Crippen LogP contribution in [0.25, 0.3) is 0 Å². The molecule has 1 atom stereocenters. The van der Waals surface area contributed by atoms with E-state index in [1.54, 1.807) is 11.0 Å². The number of carbonyl (C=O) groups excluding carboxylic acids is 1. The van der Waals surface area contributed by atoms with Crippen molar-refractivity contribution in [3.05, 3.63) is 12.2 Å². The van der Waals surface area contributed by atoms with Gasteiger partial charge in [-0.1, -0.05) is 12.0 Å². The van der Waals surface area contributed by atoms with Gasteiger partial charge in [0.05, 0.1) is 19.2 Å². The lowest BCUT2D eigenvalue weighted by atomic mass is 10.1. The van der Waals surface area contributed by atoms with E-state index in [2.05, 4.69) is 5.92 Å². The molecule has 1 fully saturated rings. The molecule has 0 aliphatic carbocycles. The summed E-state index contributed by atoms with van der Waals surface area (Å²) in [6, 6.07) is 0.208. The van der Waals surface area contributed by atoms with E-state index in [1.807, 2.05) is 25.1 Å². The van der Waals surface area contributed by atoms with Gasteiger partial charge in [0.1, 0.15) is 0 Å². The van der Waals surface area contributed by atoms with Gasteiger partial charge in [0.15, 0.2) is 0 Å². The Balaban J connectivity index is 2.34. The molecule has 0 bridgehead atoms. The molecule has 1 aliphatic rings. The smallest absolute Gasteiger partial charge is 0.246 e. The van der Waals surface area contributed by atoms with Crippen molar-refractivity contribution in [1.82, 2.24) is 9.80 Å².